The molecule has 3 rings (SSSR count). The summed E-state index contributed by atoms with van der Waals surface area (Å²) in [6.07, 6.45) is 4.53. The van der Waals surface area contributed by atoms with Gasteiger partial charge < -0.3 is 5.73 Å². The van der Waals surface area contributed by atoms with Crippen molar-refractivity contribution in [2.45, 2.75) is 18.7 Å². The van der Waals surface area contributed by atoms with Crippen molar-refractivity contribution in [3.63, 3.8) is 0 Å². The molecule has 0 aliphatic rings. The predicted molar refractivity (Wildman–Crippen MR) is 101 cm³/mol. The Morgan fingerprint density at radius 2 is 1.74 bits per heavy atom. The molecule has 0 aliphatic heterocycles. The van der Waals surface area contributed by atoms with Crippen LogP contribution in [0.1, 0.15) is 17.1 Å². The van der Waals surface area contributed by atoms with Crippen LogP contribution in [0.5, 0.6) is 0 Å². The van der Waals surface area contributed by atoms with Gasteiger partial charge in [0.25, 0.3) is 10.0 Å². The first-order chi connectivity index (χ1) is 12.8. The molecule has 0 atom stereocenters. The summed E-state index contributed by atoms with van der Waals surface area (Å²) in [6.45, 7) is 3.53. The molecule has 0 unspecified atom stereocenters. The zero-order chi connectivity index (χ0) is 19.4. The molecule has 27 heavy (non-hydrogen) atoms. The van der Waals surface area contributed by atoms with Crippen LogP contribution in [0.2, 0.25) is 0 Å². The lowest BCUT2D eigenvalue weighted by atomic mass is 10.3. The standard InChI is InChI=1S/C17H17N7O2S/c1-11-9-12(2)22-17(21-11)24-27(25,26)14-5-3-13(4-6-14)23-16(18)15-10-19-7-8-20-15/h3-10H,1-2H3,(H2,18,23)(H,21,22,24). The van der Waals surface area contributed by atoms with Gasteiger partial charge in [-0.15, -0.1) is 0 Å². The molecule has 138 valence electrons. The average Bonchev–Trinajstić information content (AvgIpc) is 2.61. The summed E-state index contributed by atoms with van der Waals surface area (Å²) in [5, 5.41) is 0. The van der Waals surface area contributed by atoms with Crippen molar-refractivity contribution >= 4 is 27.5 Å². The van der Waals surface area contributed by atoms with Crippen LogP contribution < -0.4 is 10.5 Å². The van der Waals surface area contributed by atoms with Gasteiger partial charge in [-0.1, -0.05) is 0 Å². The molecule has 10 heteroatoms. The maximum absolute atomic E-state index is 12.5. The van der Waals surface area contributed by atoms with Crippen molar-refractivity contribution in [1.29, 1.82) is 0 Å². The Morgan fingerprint density at radius 1 is 1.07 bits per heavy atom. The second-order valence-electron chi connectivity index (χ2n) is 5.66. The first kappa shape index (κ1) is 18.4. The first-order valence-electron chi connectivity index (χ1n) is 7.89. The van der Waals surface area contributed by atoms with E-state index in [-0.39, 0.29) is 16.7 Å². The van der Waals surface area contributed by atoms with Crippen molar-refractivity contribution in [3.05, 3.63) is 66.0 Å². The summed E-state index contributed by atoms with van der Waals surface area (Å²) in [5.41, 5.74) is 8.14. The highest BCUT2D eigenvalue weighted by Crippen LogP contribution is 2.19. The van der Waals surface area contributed by atoms with Crippen LogP contribution in [0.25, 0.3) is 0 Å². The third-order valence-electron chi connectivity index (χ3n) is 3.43. The van der Waals surface area contributed by atoms with Gasteiger partial charge in [0.1, 0.15) is 5.69 Å². The molecular formula is C17H17N7O2S. The van der Waals surface area contributed by atoms with Crippen LogP contribution >= 0.6 is 0 Å². The van der Waals surface area contributed by atoms with E-state index in [1.807, 2.05) is 0 Å². The number of aliphatic imine (C=N–C) groups is 1. The van der Waals surface area contributed by atoms with Gasteiger partial charge in [0.15, 0.2) is 5.84 Å². The fraction of sp³-hybridized carbons (Fsp3) is 0.118. The number of amidine groups is 1. The van der Waals surface area contributed by atoms with E-state index < -0.39 is 10.0 Å². The minimum absolute atomic E-state index is 0.0292. The number of benzene rings is 1. The van der Waals surface area contributed by atoms with E-state index >= 15 is 0 Å². The molecule has 2 heterocycles. The van der Waals surface area contributed by atoms with E-state index in [1.54, 1.807) is 32.0 Å². The molecule has 0 amide bonds. The summed E-state index contributed by atoms with van der Waals surface area (Å²) in [7, 11) is -3.82. The van der Waals surface area contributed by atoms with Gasteiger partial charge in [-0.05, 0) is 44.2 Å². The van der Waals surface area contributed by atoms with Crippen LogP contribution in [-0.2, 0) is 10.0 Å². The number of rotatable bonds is 5. The zero-order valence-corrected chi connectivity index (χ0v) is 15.5. The van der Waals surface area contributed by atoms with E-state index in [2.05, 4.69) is 29.7 Å². The number of aryl methyl sites for hydroxylation is 2. The quantitative estimate of drug-likeness (QED) is 0.505. The van der Waals surface area contributed by atoms with E-state index in [0.29, 0.717) is 22.8 Å². The third kappa shape index (κ3) is 4.61. The molecular weight excluding hydrogens is 366 g/mol. The van der Waals surface area contributed by atoms with E-state index in [9.17, 15) is 8.42 Å². The second-order valence-corrected chi connectivity index (χ2v) is 7.34. The molecule has 0 bridgehead atoms. The van der Waals surface area contributed by atoms with E-state index in [1.165, 1.54) is 30.7 Å². The summed E-state index contributed by atoms with van der Waals surface area (Å²) < 4.78 is 27.4. The molecule has 2 aromatic heterocycles. The molecule has 3 aromatic rings. The number of nitrogens with zero attached hydrogens (tertiary/aromatic N) is 5. The SMILES string of the molecule is Cc1cc(C)nc(NS(=O)(=O)c2ccc(N=C(N)c3cnccn3)cc2)n1. The van der Waals surface area contributed by atoms with Crippen molar-refractivity contribution < 1.29 is 8.42 Å². The number of anilines is 1. The second kappa shape index (κ2) is 7.46. The summed E-state index contributed by atoms with van der Waals surface area (Å²) in [6, 6.07) is 7.69. The molecule has 9 nitrogen and oxygen atoms in total. The number of nitrogens with two attached hydrogens (primary N) is 1. The van der Waals surface area contributed by atoms with Gasteiger partial charge in [0.05, 0.1) is 16.8 Å². The number of nitrogens with one attached hydrogen (secondary N) is 1. The van der Waals surface area contributed by atoms with Crippen molar-refractivity contribution in [1.82, 2.24) is 19.9 Å². The van der Waals surface area contributed by atoms with Gasteiger partial charge in [0, 0.05) is 23.8 Å². The van der Waals surface area contributed by atoms with Gasteiger partial charge in [-0.3, -0.25) is 4.98 Å². The maximum Gasteiger partial charge on any atom is 0.264 e. The van der Waals surface area contributed by atoms with E-state index in [4.69, 9.17) is 5.73 Å². The predicted octanol–water partition coefficient (Wildman–Crippen LogP) is 1.72. The lowest BCUT2D eigenvalue weighted by Crippen LogP contribution is -2.16. The Kier molecular flexibility index (Phi) is 5.08. The van der Waals surface area contributed by atoms with Gasteiger partial charge in [0.2, 0.25) is 5.95 Å². The number of hydrogen-bond acceptors (Lipinski definition) is 7. The summed E-state index contributed by atoms with van der Waals surface area (Å²) in [5.74, 6) is 0.210. The Morgan fingerprint density at radius 3 is 2.33 bits per heavy atom. The minimum Gasteiger partial charge on any atom is -0.382 e. The Hall–Kier alpha value is -3.40. The largest absolute Gasteiger partial charge is 0.382 e. The molecule has 1 aromatic carbocycles. The molecule has 0 saturated heterocycles. The Bertz CT molecular complexity index is 1060. The molecule has 3 N–H and O–H groups in total. The van der Waals surface area contributed by atoms with Gasteiger partial charge >= 0.3 is 0 Å². The highest BCUT2D eigenvalue weighted by atomic mass is 32.2. The zero-order valence-electron chi connectivity index (χ0n) is 14.7. The maximum atomic E-state index is 12.5. The number of aromatic nitrogens is 4. The molecule has 0 saturated carbocycles. The van der Waals surface area contributed by atoms with Crippen LogP contribution in [0.4, 0.5) is 11.6 Å². The average molecular weight is 383 g/mol. The van der Waals surface area contributed by atoms with Gasteiger partial charge in [-0.25, -0.2) is 33.1 Å². The van der Waals surface area contributed by atoms with Crippen molar-refractivity contribution in [3.8, 4) is 0 Å². The highest BCUT2D eigenvalue weighted by molar-refractivity contribution is 7.92. The van der Waals surface area contributed by atoms with Crippen molar-refractivity contribution in [2.24, 2.45) is 10.7 Å². The fourth-order valence-electron chi connectivity index (χ4n) is 2.28. The van der Waals surface area contributed by atoms with Crippen molar-refractivity contribution in [2.75, 3.05) is 4.72 Å². The topological polar surface area (TPSA) is 136 Å². The van der Waals surface area contributed by atoms with Crippen LogP contribution in [0.3, 0.4) is 0 Å². The summed E-state index contributed by atoms with van der Waals surface area (Å²) >= 11 is 0. The van der Waals surface area contributed by atoms with Crippen LogP contribution in [-0.4, -0.2) is 34.2 Å². The Labute approximate surface area is 156 Å². The smallest absolute Gasteiger partial charge is 0.264 e. The first-order valence-corrected chi connectivity index (χ1v) is 9.37. The highest BCUT2D eigenvalue weighted by Gasteiger charge is 2.16. The monoisotopic (exact) mass is 383 g/mol. The lowest BCUT2D eigenvalue weighted by Gasteiger charge is -2.08. The normalized spacial score (nSPS) is 12.0. The van der Waals surface area contributed by atoms with Crippen LogP contribution in [0, 0.1) is 13.8 Å². The lowest BCUT2D eigenvalue weighted by molar-refractivity contribution is 0.601. The van der Waals surface area contributed by atoms with Gasteiger partial charge in [-0.2, -0.15) is 0 Å². The number of sulfonamides is 1. The minimum atomic E-state index is -3.82. The third-order valence-corrected chi connectivity index (χ3v) is 4.77. The fourth-order valence-corrected chi connectivity index (χ4v) is 3.22. The molecule has 0 radical (unpaired) electrons. The molecule has 0 fully saturated rings. The van der Waals surface area contributed by atoms with E-state index in [0.717, 1.165) is 0 Å². The molecule has 0 aliphatic carbocycles. The molecule has 0 spiro atoms. The Balaban J connectivity index is 1.81. The number of hydrogen-bond donors (Lipinski definition) is 2. The summed E-state index contributed by atoms with van der Waals surface area (Å²) in [4.78, 5) is 20.4. The van der Waals surface area contributed by atoms with Crippen LogP contribution in [0.15, 0.2) is 58.8 Å².